The molecule has 0 aliphatic carbocycles. The van der Waals surface area contributed by atoms with Crippen LogP contribution in [0.2, 0.25) is 0 Å². The summed E-state index contributed by atoms with van der Waals surface area (Å²) in [6.07, 6.45) is 1.78. The van der Waals surface area contributed by atoms with E-state index in [1.54, 1.807) is 17.0 Å². The largest absolute Gasteiger partial charge is 0.507 e. The fourth-order valence-corrected chi connectivity index (χ4v) is 4.00. The molecule has 178 valence electrons. The molecule has 7 heteroatoms. The third kappa shape index (κ3) is 5.66. The van der Waals surface area contributed by atoms with E-state index in [1.807, 2.05) is 32.0 Å². The van der Waals surface area contributed by atoms with E-state index in [0.29, 0.717) is 31.3 Å². The first-order chi connectivity index (χ1) is 16.0. The molecular formula is C26H36N4O3. The highest BCUT2D eigenvalue weighted by molar-refractivity contribution is 6.01. The Morgan fingerprint density at radius 2 is 1.97 bits per heavy atom. The van der Waals surface area contributed by atoms with Crippen LogP contribution in [0, 0.1) is 0 Å². The molecule has 0 radical (unpaired) electrons. The molecule has 1 amide bonds. The number of aromatic amines is 1. The second-order valence-electron chi connectivity index (χ2n) is 8.38. The maximum atomic E-state index is 13.2. The third-order valence-corrected chi connectivity index (χ3v) is 5.59. The lowest BCUT2D eigenvalue weighted by Crippen LogP contribution is -2.27. The number of hydrogen-bond acceptors (Lipinski definition) is 5. The highest BCUT2D eigenvalue weighted by atomic mass is 16.5. The van der Waals surface area contributed by atoms with Gasteiger partial charge in [-0.15, -0.1) is 0 Å². The molecule has 0 saturated carbocycles. The normalized spacial score (nSPS) is 12.6. The molecule has 1 aromatic heterocycles. The summed E-state index contributed by atoms with van der Waals surface area (Å²) in [7, 11) is 0. The van der Waals surface area contributed by atoms with Crippen LogP contribution < -0.4 is 10.1 Å². The lowest BCUT2D eigenvalue weighted by atomic mass is 10.1. The number of hydrogen-bond donors (Lipinski definition) is 3. The van der Waals surface area contributed by atoms with Crippen LogP contribution in [0.1, 0.15) is 68.2 Å². The number of ether oxygens (including phenoxy) is 1. The molecule has 1 aliphatic rings. The number of carbonyl (C=O) groups excluding carboxylic acids is 1. The van der Waals surface area contributed by atoms with E-state index in [2.05, 4.69) is 36.3 Å². The number of aryl methyl sites for hydroxylation is 1. The van der Waals surface area contributed by atoms with Gasteiger partial charge in [0.1, 0.15) is 18.1 Å². The molecule has 2 heterocycles. The van der Waals surface area contributed by atoms with Crippen molar-refractivity contribution in [1.82, 2.24) is 20.4 Å². The fourth-order valence-electron chi connectivity index (χ4n) is 4.00. The van der Waals surface area contributed by atoms with Gasteiger partial charge in [0, 0.05) is 37.1 Å². The summed E-state index contributed by atoms with van der Waals surface area (Å²) in [4.78, 5) is 15.0. The van der Waals surface area contributed by atoms with Gasteiger partial charge in [0.15, 0.2) is 0 Å². The zero-order chi connectivity index (χ0) is 24.0. The van der Waals surface area contributed by atoms with Crippen molar-refractivity contribution < 1.29 is 14.6 Å². The van der Waals surface area contributed by atoms with Crippen molar-refractivity contribution in [1.29, 1.82) is 0 Å². The van der Waals surface area contributed by atoms with Gasteiger partial charge in [0.2, 0.25) is 0 Å². The Morgan fingerprint density at radius 1 is 1.21 bits per heavy atom. The van der Waals surface area contributed by atoms with Gasteiger partial charge in [-0.05, 0) is 35.7 Å². The van der Waals surface area contributed by atoms with Crippen LogP contribution in [0.5, 0.6) is 11.5 Å². The van der Waals surface area contributed by atoms with Gasteiger partial charge >= 0.3 is 0 Å². The first-order valence-corrected chi connectivity index (χ1v) is 11.9. The van der Waals surface area contributed by atoms with Gasteiger partial charge in [-0.25, -0.2) is 0 Å². The molecule has 0 spiro atoms. The molecule has 3 aromatic rings. The Balaban J connectivity index is 0.00000149. The van der Waals surface area contributed by atoms with Gasteiger partial charge in [0.05, 0.1) is 16.8 Å². The standard InChI is InChI=1S/C24H30N4O3.C2H6/c1-4-5-21-19-11-20(23(29)12-22(19)27-26-21)24(30)28-13-16-6-7-18(10-17(16)14-28)31-9-8-25-15(2)3;1-2/h6-7,10-12,15,25,29H,4-5,8-9,13-14H2,1-3H3,(H,26,27);1-2H3. The zero-order valence-electron chi connectivity index (χ0n) is 20.4. The molecule has 7 nitrogen and oxygen atoms in total. The van der Waals surface area contributed by atoms with Crippen LogP contribution in [-0.4, -0.2) is 45.3 Å². The Bertz CT molecular complexity index is 1090. The van der Waals surface area contributed by atoms with Gasteiger partial charge in [-0.1, -0.05) is 47.1 Å². The number of phenolic OH excluding ortho intramolecular Hbond substituents is 1. The number of rotatable bonds is 8. The SMILES string of the molecule is CC.CCCc1n[nH]c2cc(O)c(C(=O)N3Cc4ccc(OCCNC(C)C)cc4C3)cc12. The maximum Gasteiger partial charge on any atom is 0.258 e. The number of nitrogens with zero attached hydrogens (tertiary/aromatic N) is 2. The Labute approximate surface area is 196 Å². The van der Waals surface area contributed by atoms with Crippen molar-refractivity contribution in [2.45, 2.75) is 66.6 Å². The van der Waals surface area contributed by atoms with E-state index in [0.717, 1.165) is 52.9 Å². The number of amides is 1. The van der Waals surface area contributed by atoms with Crippen LogP contribution >= 0.6 is 0 Å². The van der Waals surface area contributed by atoms with Crippen LogP contribution in [0.15, 0.2) is 30.3 Å². The first-order valence-electron chi connectivity index (χ1n) is 11.9. The molecule has 3 N–H and O–H groups in total. The van der Waals surface area contributed by atoms with Gasteiger partial charge < -0.3 is 20.1 Å². The smallest absolute Gasteiger partial charge is 0.258 e. The van der Waals surface area contributed by atoms with E-state index in [1.165, 1.54) is 0 Å². The van der Waals surface area contributed by atoms with Crippen LogP contribution in [0.25, 0.3) is 10.9 Å². The summed E-state index contributed by atoms with van der Waals surface area (Å²) >= 11 is 0. The summed E-state index contributed by atoms with van der Waals surface area (Å²) < 4.78 is 5.84. The van der Waals surface area contributed by atoms with Crippen molar-refractivity contribution in [3.05, 3.63) is 52.7 Å². The molecule has 0 unspecified atom stereocenters. The number of phenols is 1. The number of H-pyrrole nitrogens is 1. The highest BCUT2D eigenvalue weighted by Crippen LogP contribution is 2.32. The van der Waals surface area contributed by atoms with E-state index in [4.69, 9.17) is 4.74 Å². The molecule has 0 atom stereocenters. The summed E-state index contributed by atoms with van der Waals surface area (Å²) in [5.41, 5.74) is 4.17. The molecule has 1 aliphatic heterocycles. The van der Waals surface area contributed by atoms with E-state index in [9.17, 15) is 9.90 Å². The monoisotopic (exact) mass is 452 g/mol. The van der Waals surface area contributed by atoms with Crippen molar-refractivity contribution >= 4 is 16.8 Å². The van der Waals surface area contributed by atoms with Gasteiger partial charge in [-0.3, -0.25) is 9.89 Å². The van der Waals surface area contributed by atoms with Crippen LogP contribution in [0.4, 0.5) is 0 Å². The Kier molecular flexibility index (Phi) is 8.33. The number of fused-ring (bicyclic) bond motifs is 2. The minimum absolute atomic E-state index is 0.0261. The molecule has 0 bridgehead atoms. The maximum absolute atomic E-state index is 13.2. The van der Waals surface area contributed by atoms with Gasteiger partial charge in [-0.2, -0.15) is 5.10 Å². The Hall–Kier alpha value is -3.06. The number of nitrogens with one attached hydrogen (secondary N) is 2. The second-order valence-corrected chi connectivity index (χ2v) is 8.38. The third-order valence-electron chi connectivity index (χ3n) is 5.59. The topological polar surface area (TPSA) is 90.5 Å². The Morgan fingerprint density at radius 3 is 2.70 bits per heavy atom. The van der Waals surface area contributed by atoms with Crippen LogP contribution in [-0.2, 0) is 19.5 Å². The van der Waals surface area contributed by atoms with Crippen molar-refractivity contribution in [2.24, 2.45) is 0 Å². The molecule has 33 heavy (non-hydrogen) atoms. The molecule has 2 aromatic carbocycles. The number of benzene rings is 2. The average molecular weight is 453 g/mol. The minimum Gasteiger partial charge on any atom is -0.507 e. The molecular weight excluding hydrogens is 416 g/mol. The lowest BCUT2D eigenvalue weighted by Gasteiger charge is -2.16. The van der Waals surface area contributed by atoms with Crippen molar-refractivity contribution in [2.75, 3.05) is 13.2 Å². The molecule has 0 saturated heterocycles. The average Bonchev–Trinajstić information content (AvgIpc) is 3.41. The van der Waals surface area contributed by atoms with E-state index >= 15 is 0 Å². The lowest BCUT2D eigenvalue weighted by molar-refractivity contribution is 0.0748. The number of aromatic hydroxyl groups is 1. The predicted molar refractivity (Wildman–Crippen MR) is 132 cm³/mol. The van der Waals surface area contributed by atoms with Crippen LogP contribution in [0.3, 0.4) is 0 Å². The van der Waals surface area contributed by atoms with E-state index < -0.39 is 0 Å². The summed E-state index contributed by atoms with van der Waals surface area (Å²) in [6, 6.07) is 9.77. The first kappa shape index (κ1) is 24.6. The van der Waals surface area contributed by atoms with Gasteiger partial charge in [0.25, 0.3) is 5.91 Å². The zero-order valence-corrected chi connectivity index (χ0v) is 20.4. The molecule has 4 rings (SSSR count). The highest BCUT2D eigenvalue weighted by Gasteiger charge is 2.27. The van der Waals surface area contributed by atoms with E-state index in [-0.39, 0.29) is 11.7 Å². The summed E-state index contributed by atoms with van der Waals surface area (Å²) in [5, 5.41) is 22.0. The fraction of sp³-hybridized carbons (Fsp3) is 0.462. The minimum atomic E-state index is -0.178. The van der Waals surface area contributed by atoms with Crippen molar-refractivity contribution in [3.8, 4) is 11.5 Å². The quantitative estimate of drug-likeness (QED) is 0.428. The predicted octanol–water partition coefficient (Wildman–Crippen LogP) is 4.78. The second kappa shape index (κ2) is 11.2. The van der Waals surface area contributed by atoms with Crippen molar-refractivity contribution in [3.63, 3.8) is 0 Å². The summed E-state index contributed by atoms with van der Waals surface area (Å²) in [6.45, 7) is 12.7. The number of carbonyl (C=O) groups is 1. The summed E-state index contributed by atoms with van der Waals surface area (Å²) in [5.74, 6) is 0.607. The molecule has 0 fully saturated rings. The number of aromatic nitrogens is 2.